The van der Waals surface area contributed by atoms with Crippen molar-refractivity contribution in [1.82, 2.24) is 30.5 Å². The third-order valence-corrected chi connectivity index (χ3v) is 4.92. The minimum atomic E-state index is -0.228. The van der Waals surface area contributed by atoms with Gasteiger partial charge in [-0.15, -0.1) is 15.3 Å². The van der Waals surface area contributed by atoms with Crippen LogP contribution in [0.1, 0.15) is 28.0 Å². The van der Waals surface area contributed by atoms with E-state index in [0.717, 1.165) is 22.0 Å². The first-order chi connectivity index (χ1) is 12.3. The molecule has 0 bridgehead atoms. The number of hydrogen-bond donors (Lipinski definition) is 1. The normalized spacial score (nSPS) is 16.9. The van der Waals surface area contributed by atoms with Gasteiger partial charge in [0.05, 0.1) is 25.4 Å². The highest BCUT2D eigenvalue weighted by Crippen LogP contribution is 2.23. The van der Waals surface area contributed by atoms with Crippen molar-refractivity contribution in [1.29, 1.82) is 0 Å². The fraction of sp³-hybridized carbons (Fsp3) is 0.312. The minimum absolute atomic E-state index is 0.0643. The summed E-state index contributed by atoms with van der Waals surface area (Å²) in [5.74, 6) is -0.228. The Morgan fingerprint density at radius 1 is 1.32 bits per heavy atom. The van der Waals surface area contributed by atoms with Crippen LogP contribution in [0, 0.1) is 0 Å². The smallest absolute Gasteiger partial charge is 0.271 e. The van der Waals surface area contributed by atoms with Gasteiger partial charge in [0.25, 0.3) is 5.91 Å². The topological polar surface area (TPSA) is 94.8 Å². The molecule has 3 aromatic rings. The molecule has 1 atom stereocenters. The lowest BCUT2D eigenvalue weighted by Crippen LogP contribution is -2.27. The van der Waals surface area contributed by atoms with E-state index in [-0.39, 0.29) is 11.9 Å². The zero-order valence-corrected chi connectivity index (χ0v) is 14.1. The van der Waals surface area contributed by atoms with E-state index in [1.165, 1.54) is 17.5 Å². The van der Waals surface area contributed by atoms with E-state index in [0.29, 0.717) is 25.5 Å². The summed E-state index contributed by atoms with van der Waals surface area (Å²) in [7, 11) is 0. The summed E-state index contributed by atoms with van der Waals surface area (Å²) in [4.78, 5) is 12.4. The summed E-state index contributed by atoms with van der Waals surface area (Å²) in [6, 6.07) is 9.90. The van der Waals surface area contributed by atoms with Crippen LogP contribution in [0.5, 0.6) is 0 Å². The summed E-state index contributed by atoms with van der Waals surface area (Å²) in [6.07, 6.45) is 2.31. The first-order valence-corrected chi connectivity index (χ1v) is 8.77. The maximum absolute atomic E-state index is 12.4. The molecule has 0 radical (unpaired) electrons. The predicted molar refractivity (Wildman–Crippen MR) is 91.0 cm³/mol. The van der Waals surface area contributed by atoms with Gasteiger partial charge in [-0.3, -0.25) is 4.79 Å². The second-order valence-corrected chi connectivity index (χ2v) is 6.69. The van der Waals surface area contributed by atoms with Crippen molar-refractivity contribution in [2.75, 3.05) is 13.2 Å². The highest BCUT2D eigenvalue weighted by molar-refractivity contribution is 7.14. The number of aromatic nitrogens is 5. The highest BCUT2D eigenvalue weighted by Gasteiger charge is 2.24. The average molecular weight is 356 g/mol. The van der Waals surface area contributed by atoms with Crippen molar-refractivity contribution in [3.05, 3.63) is 47.2 Å². The number of rotatable bonds is 5. The van der Waals surface area contributed by atoms with E-state index < -0.39 is 0 Å². The van der Waals surface area contributed by atoms with Gasteiger partial charge in [-0.1, -0.05) is 46.9 Å². The largest absolute Gasteiger partial charge is 0.379 e. The van der Waals surface area contributed by atoms with Crippen molar-refractivity contribution < 1.29 is 9.53 Å². The Hall–Kier alpha value is -2.65. The number of carbonyl (C=O) groups is 1. The molecule has 1 aliphatic heterocycles. The summed E-state index contributed by atoms with van der Waals surface area (Å²) in [6.45, 7) is 1.55. The molecule has 0 saturated carbocycles. The first-order valence-electron chi connectivity index (χ1n) is 7.95. The van der Waals surface area contributed by atoms with E-state index in [9.17, 15) is 4.79 Å². The van der Waals surface area contributed by atoms with Crippen molar-refractivity contribution in [2.45, 2.75) is 19.0 Å². The Balaban J connectivity index is 1.41. The fourth-order valence-electron chi connectivity index (χ4n) is 2.66. The van der Waals surface area contributed by atoms with Crippen LogP contribution in [0.2, 0.25) is 0 Å². The van der Waals surface area contributed by atoms with Crippen molar-refractivity contribution in [2.24, 2.45) is 0 Å². The van der Waals surface area contributed by atoms with E-state index in [4.69, 9.17) is 4.74 Å². The zero-order chi connectivity index (χ0) is 17.1. The maximum Gasteiger partial charge on any atom is 0.271 e. The van der Waals surface area contributed by atoms with Crippen LogP contribution in [0.3, 0.4) is 0 Å². The SMILES string of the molecule is O=C(NCc1nnc(-c2ccccc2)s1)c1cnnn1C1CCOC1. The third kappa shape index (κ3) is 3.42. The Kier molecular flexibility index (Phi) is 4.49. The minimum Gasteiger partial charge on any atom is -0.379 e. The molecule has 0 spiro atoms. The molecule has 1 aromatic carbocycles. The summed E-state index contributed by atoms with van der Waals surface area (Å²) in [5.41, 5.74) is 1.45. The van der Waals surface area contributed by atoms with Crippen LogP contribution in [0.25, 0.3) is 10.6 Å². The van der Waals surface area contributed by atoms with Gasteiger partial charge in [-0.05, 0) is 6.42 Å². The van der Waals surface area contributed by atoms with Crippen LogP contribution < -0.4 is 5.32 Å². The molecule has 4 rings (SSSR count). The van der Waals surface area contributed by atoms with Crippen molar-refractivity contribution >= 4 is 17.2 Å². The molecule has 1 N–H and O–H groups in total. The van der Waals surface area contributed by atoms with E-state index in [2.05, 4.69) is 25.8 Å². The molecule has 3 heterocycles. The van der Waals surface area contributed by atoms with Gasteiger partial charge < -0.3 is 10.1 Å². The van der Waals surface area contributed by atoms with Crippen LogP contribution >= 0.6 is 11.3 Å². The number of benzene rings is 1. The number of hydrogen-bond acceptors (Lipinski definition) is 7. The second kappa shape index (κ2) is 7.08. The fourth-order valence-corrected chi connectivity index (χ4v) is 3.44. The number of carbonyl (C=O) groups excluding carboxylic acids is 1. The van der Waals surface area contributed by atoms with Gasteiger partial charge in [-0.2, -0.15) is 0 Å². The predicted octanol–water partition coefficient (Wildman–Crippen LogP) is 1.69. The van der Waals surface area contributed by atoms with Gasteiger partial charge in [0.15, 0.2) is 0 Å². The van der Waals surface area contributed by atoms with Crippen molar-refractivity contribution in [3.63, 3.8) is 0 Å². The Morgan fingerprint density at radius 3 is 3.00 bits per heavy atom. The Labute approximate surface area is 147 Å². The molecule has 128 valence electrons. The van der Waals surface area contributed by atoms with Crippen LogP contribution in [-0.2, 0) is 11.3 Å². The summed E-state index contributed by atoms with van der Waals surface area (Å²) < 4.78 is 6.99. The maximum atomic E-state index is 12.4. The molecule has 0 aliphatic carbocycles. The average Bonchev–Trinajstić information content (AvgIpc) is 3.41. The molecule has 9 heteroatoms. The van der Waals surface area contributed by atoms with Crippen molar-refractivity contribution in [3.8, 4) is 10.6 Å². The molecule has 1 aliphatic rings. The molecule has 2 aromatic heterocycles. The quantitative estimate of drug-likeness (QED) is 0.747. The van der Waals surface area contributed by atoms with Gasteiger partial charge >= 0.3 is 0 Å². The molecule has 1 fully saturated rings. The van der Waals surface area contributed by atoms with Crippen LogP contribution in [-0.4, -0.2) is 44.3 Å². The molecule has 1 unspecified atom stereocenters. The summed E-state index contributed by atoms with van der Waals surface area (Å²) in [5, 5.41) is 20.6. The molecule has 1 amide bonds. The lowest BCUT2D eigenvalue weighted by molar-refractivity contribution is 0.0936. The molecular weight excluding hydrogens is 340 g/mol. The number of ether oxygens (including phenoxy) is 1. The van der Waals surface area contributed by atoms with E-state index in [1.807, 2.05) is 30.3 Å². The van der Waals surface area contributed by atoms with Crippen LogP contribution in [0.15, 0.2) is 36.5 Å². The number of amides is 1. The number of nitrogens with one attached hydrogen (secondary N) is 1. The van der Waals surface area contributed by atoms with Gasteiger partial charge in [0, 0.05) is 12.2 Å². The Morgan fingerprint density at radius 2 is 2.20 bits per heavy atom. The highest BCUT2D eigenvalue weighted by atomic mass is 32.1. The van der Waals surface area contributed by atoms with Gasteiger partial charge in [0.1, 0.15) is 15.7 Å². The van der Waals surface area contributed by atoms with Gasteiger partial charge in [-0.25, -0.2) is 4.68 Å². The van der Waals surface area contributed by atoms with Gasteiger partial charge in [0.2, 0.25) is 0 Å². The van der Waals surface area contributed by atoms with E-state index in [1.54, 1.807) is 4.68 Å². The lowest BCUT2D eigenvalue weighted by atomic mass is 10.2. The molecule has 25 heavy (non-hydrogen) atoms. The van der Waals surface area contributed by atoms with Crippen LogP contribution in [0.4, 0.5) is 0 Å². The number of nitrogens with zero attached hydrogens (tertiary/aromatic N) is 5. The second-order valence-electron chi connectivity index (χ2n) is 5.63. The third-order valence-electron chi connectivity index (χ3n) is 3.95. The monoisotopic (exact) mass is 356 g/mol. The first kappa shape index (κ1) is 15.9. The molecular formula is C16H16N6O2S. The Bertz CT molecular complexity index is 856. The summed E-state index contributed by atoms with van der Waals surface area (Å²) >= 11 is 1.46. The standard InChI is InChI=1S/C16H16N6O2S/c23-15(13-8-18-21-22(13)12-6-7-24-10-12)17-9-14-19-20-16(25-14)11-4-2-1-3-5-11/h1-5,8,12H,6-7,9-10H2,(H,17,23). The molecule has 8 nitrogen and oxygen atoms in total. The molecule has 1 saturated heterocycles. The van der Waals surface area contributed by atoms with E-state index >= 15 is 0 Å². The lowest BCUT2D eigenvalue weighted by Gasteiger charge is -2.10. The zero-order valence-electron chi connectivity index (χ0n) is 13.3.